The number of rotatable bonds is 4. The van der Waals surface area contributed by atoms with Gasteiger partial charge in [0.25, 0.3) is 0 Å². The third-order valence-electron chi connectivity index (χ3n) is 3.71. The summed E-state index contributed by atoms with van der Waals surface area (Å²) in [6.07, 6.45) is 2.97. The molecule has 4 rings (SSSR count). The molecule has 20 heavy (non-hydrogen) atoms. The van der Waals surface area contributed by atoms with Gasteiger partial charge in [0, 0.05) is 31.1 Å². The summed E-state index contributed by atoms with van der Waals surface area (Å²) in [4.78, 5) is 33.0. The number of carboxylic acid groups (broad SMARTS) is 2. The van der Waals surface area contributed by atoms with Gasteiger partial charge in [0.2, 0.25) is 5.91 Å². The highest BCUT2D eigenvalue weighted by atomic mass is 16.4. The summed E-state index contributed by atoms with van der Waals surface area (Å²) in [5.74, 6) is -1.33. The maximum atomic E-state index is 11.6. The van der Waals surface area contributed by atoms with E-state index in [-0.39, 0.29) is 12.8 Å². The standard InChI is InChI=1S/C9H14N2O.C4H6O4/c12-9(6-1-2-6)11-4-7-3-8(5-11)10-7;5-3(6)1-2-4(7)8/h6-8,10H,1-5H2;1-2H2,(H,5,6)(H,7,8). The van der Waals surface area contributed by atoms with E-state index in [0.717, 1.165) is 25.9 Å². The molecule has 7 heteroatoms. The number of nitrogens with one attached hydrogen (secondary N) is 1. The minimum atomic E-state index is -1.08. The summed E-state index contributed by atoms with van der Waals surface area (Å²) in [6.45, 7) is 1.93. The summed E-state index contributed by atoms with van der Waals surface area (Å²) < 4.78 is 0. The first-order valence-corrected chi connectivity index (χ1v) is 6.94. The Morgan fingerprint density at radius 3 is 1.80 bits per heavy atom. The number of carbonyl (C=O) groups excluding carboxylic acids is 1. The smallest absolute Gasteiger partial charge is 0.303 e. The van der Waals surface area contributed by atoms with Crippen LogP contribution in [0.5, 0.6) is 0 Å². The van der Waals surface area contributed by atoms with Gasteiger partial charge in [-0.3, -0.25) is 14.4 Å². The lowest BCUT2D eigenvalue weighted by molar-refractivity contribution is -0.143. The molecule has 3 saturated heterocycles. The van der Waals surface area contributed by atoms with E-state index in [4.69, 9.17) is 10.2 Å². The molecule has 2 unspecified atom stereocenters. The predicted molar refractivity (Wildman–Crippen MR) is 69.1 cm³/mol. The molecule has 0 radical (unpaired) electrons. The maximum absolute atomic E-state index is 11.6. The zero-order valence-corrected chi connectivity index (χ0v) is 11.2. The van der Waals surface area contributed by atoms with Crippen LogP contribution in [-0.2, 0) is 14.4 Å². The van der Waals surface area contributed by atoms with E-state index in [9.17, 15) is 14.4 Å². The maximum Gasteiger partial charge on any atom is 0.303 e. The number of fused-ring (bicyclic) bond motifs is 2. The van der Waals surface area contributed by atoms with Crippen LogP contribution in [0.25, 0.3) is 0 Å². The fourth-order valence-corrected chi connectivity index (χ4v) is 2.50. The van der Waals surface area contributed by atoms with Crippen molar-refractivity contribution >= 4 is 17.8 Å². The van der Waals surface area contributed by atoms with E-state index in [2.05, 4.69) is 10.2 Å². The molecule has 3 N–H and O–H groups in total. The second kappa shape index (κ2) is 6.21. The largest absolute Gasteiger partial charge is 0.481 e. The lowest BCUT2D eigenvalue weighted by Crippen LogP contribution is -2.67. The van der Waals surface area contributed by atoms with Crippen LogP contribution in [0.15, 0.2) is 0 Å². The first-order chi connectivity index (χ1) is 9.45. The summed E-state index contributed by atoms with van der Waals surface area (Å²) in [6, 6.07) is 1.23. The molecule has 1 amide bonds. The molecule has 3 heterocycles. The minimum Gasteiger partial charge on any atom is -0.481 e. The molecule has 4 fully saturated rings. The van der Waals surface area contributed by atoms with Crippen LogP contribution in [0.4, 0.5) is 0 Å². The van der Waals surface area contributed by atoms with Crippen LogP contribution in [0, 0.1) is 5.92 Å². The Hall–Kier alpha value is -1.63. The quantitative estimate of drug-likeness (QED) is 0.666. The summed E-state index contributed by atoms with van der Waals surface area (Å²) in [5, 5.41) is 19.2. The average molecular weight is 284 g/mol. The molecule has 1 saturated carbocycles. The lowest BCUT2D eigenvalue weighted by atomic mass is 9.91. The third-order valence-corrected chi connectivity index (χ3v) is 3.71. The molecule has 1 aliphatic carbocycles. The number of hydrogen-bond donors (Lipinski definition) is 3. The van der Waals surface area contributed by atoms with Gasteiger partial charge in [-0.25, -0.2) is 0 Å². The van der Waals surface area contributed by atoms with Crippen molar-refractivity contribution in [2.45, 2.75) is 44.2 Å². The molecular formula is C13H20N2O5. The van der Waals surface area contributed by atoms with Crippen molar-refractivity contribution in [3.8, 4) is 0 Å². The van der Waals surface area contributed by atoms with E-state index in [1.807, 2.05) is 0 Å². The van der Waals surface area contributed by atoms with Gasteiger partial charge in [-0.1, -0.05) is 0 Å². The van der Waals surface area contributed by atoms with Crippen molar-refractivity contribution in [2.24, 2.45) is 5.92 Å². The molecule has 0 aromatic rings. The van der Waals surface area contributed by atoms with Gasteiger partial charge in [0.15, 0.2) is 0 Å². The summed E-state index contributed by atoms with van der Waals surface area (Å²) in [5.41, 5.74) is 0. The van der Waals surface area contributed by atoms with Gasteiger partial charge in [-0.05, 0) is 19.3 Å². The monoisotopic (exact) mass is 284 g/mol. The average Bonchev–Trinajstić information content (AvgIpc) is 3.20. The molecule has 3 aliphatic heterocycles. The number of carboxylic acids is 2. The number of nitrogens with zero attached hydrogens (tertiary/aromatic N) is 1. The zero-order valence-electron chi connectivity index (χ0n) is 11.2. The molecule has 4 aliphatic rings. The third kappa shape index (κ3) is 4.19. The molecule has 7 nitrogen and oxygen atoms in total. The Balaban J connectivity index is 0.000000163. The van der Waals surface area contributed by atoms with Crippen molar-refractivity contribution in [1.82, 2.24) is 10.2 Å². The van der Waals surface area contributed by atoms with Crippen LogP contribution in [0.1, 0.15) is 32.1 Å². The van der Waals surface area contributed by atoms with Gasteiger partial charge in [-0.15, -0.1) is 0 Å². The number of amides is 1. The number of aliphatic carboxylic acids is 2. The van der Waals surface area contributed by atoms with E-state index < -0.39 is 11.9 Å². The van der Waals surface area contributed by atoms with Crippen LogP contribution >= 0.6 is 0 Å². The van der Waals surface area contributed by atoms with E-state index in [1.165, 1.54) is 6.42 Å². The van der Waals surface area contributed by atoms with Crippen LogP contribution < -0.4 is 5.32 Å². The minimum absolute atomic E-state index is 0.296. The van der Waals surface area contributed by atoms with E-state index in [0.29, 0.717) is 23.9 Å². The van der Waals surface area contributed by atoms with E-state index >= 15 is 0 Å². The van der Waals surface area contributed by atoms with Crippen LogP contribution in [0.3, 0.4) is 0 Å². The number of hydrogen-bond acceptors (Lipinski definition) is 4. The van der Waals surface area contributed by atoms with Gasteiger partial charge < -0.3 is 20.4 Å². The Bertz CT molecular complexity index is 378. The fraction of sp³-hybridized carbons (Fsp3) is 0.769. The van der Waals surface area contributed by atoms with Crippen LogP contribution in [0.2, 0.25) is 0 Å². The molecule has 2 atom stereocenters. The second-order valence-corrected chi connectivity index (χ2v) is 5.60. The molecule has 2 bridgehead atoms. The van der Waals surface area contributed by atoms with E-state index in [1.54, 1.807) is 0 Å². The topological polar surface area (TPSA) is 107 Å². The molecule has 0 spiro atoms. The summed E-state index contributed by atoms with van der Waals surface area (Å²) >= 11 is 0. The van der Waals surface area contributed by atoms with Crippen molar-refractivity contribution in [3.63, 3.8) is 0 Å². The molecular weight excluding hydrogens is 264 g/mol. The number of piperidine rings is 1. The van der Waals surface area contributed by atoms with Crippen molar-refractivity contribution in [2.75, 3.05) is 13.1 Å². The zero-order chi connectivity index (χ0) is 14.7. The van der Waals surface area contributed by atoms with Gasteiger partial charge >= 0.3 is 11.9 Å². The lowest BCUT2D eigenvalue weighted by Gasteiger charge is -2.48. The van der Waals surface area contributed by atoms with Crippen molar-refractivity contribution in [3.05, 3.63) is 0 Å². The molecule has 112 valence electrons. The Morgan fingerprint density at radius 1 is 1.00 bits per heavy atom. The SMILES string of the molecule is O=C(C1CC1)N1CC2CC(C1)N2.O=C(O)CCC(=O)O. The Morgan fingerprint density at radius 2 is 1.45 bits per heavy atom. The van der Waals surface area contributed by atoms with Gasteiger partial charge in [0.05, 0.1) is 12.8 Å². The van der Waals surface area contributed by atoms with Gasteiger partial charge in [0.1, 0.15) is 0 Å². The van der Waals surface area contributed by atoms with Crippen LogP contribution in [-0.4, -0.2) is 58.1 Å². The molecule has 0 aromatic carbocycles. The van der Waals surface area contributed by atoms with Crippen molar-refractivity contribution < 1.29 is 24.6 Å². The molecule has 0 aromatic heterocycles. The highest BCUT2D eigenvalue weighted by molar-refractivity contribution is 5.81. The number of piperazine rings is 1. The fourth-order valence-electron chi connectivity index (χ4n) is 2.50. The first kappa shape index (κ1) is 14.8. The first-order valence-electron chi connectivity index (χ1n) is 6.94. The van der Waals surface area contributed by atoms with Crippen molar-refractivity contribution in [1.29, 1.82) is 0 Å². The summed E-state index contributed by atoms with van der Waals surface area (Å²) in [7, 11) is 0. The normalized spacial score (nSPS) is 26.9. The highest BCUT2D eigenvalue weighted by Gasteiger charge is 2.42. The Kier molecular flexibility index (Phi) is 4.59. The second-order valence-electron chi connectivity index (χ2n) is 5.60. The van der Waals surface area contributed by atoms with Gasteiger partial charge in [-0.2, -0.15) is 0 Å². The number of carbonyl (C=O) groups is 3. The predicted octanol–water partition coefficient (Wildman–Crippen LogP) is -0.0951. The highest BCUT2D eigenvalue weighted by Crippen LogP contribution is 2.33. The Labute approximate surface area is 116 Å².